The Bertz CT molecular complexity index is 1010. The van der Waals surface area contributed by atoms with E-state index in [0.717, 1.165) is 38.8 Å². The Balaban J connectivity index is 1.64. The van der Waals surface area contributed by atoms with Gasteiger partial charge < -0.3 is 10.5 Å². The maximum Gasteiger partial charge on any atom is 0.410 e. The molecule has 0 bridgehead atoms. The second-order valence-corrected chi connectivity index (χ2v) is 10.4. The Morgan fingerprint density at radius 1 is 1.18 bits per heavy atom. The predicted molar refractivity (Wildman–Crippen MR) is 135 cm³/mol. The molecule has 6 nitrogen and oxygen atoms in total. The van der Waals surface area contributed by atoms with Gasteiger partial charge in [0.15, 0.2) is 0 Å². The number of carbonyl (C=O) groups excluding carboxylic acids is 1. The summed E-state index contributed by atoms with van der Waals surface area (Å²) in [6, 6.07) is 12.9. The minimum absolute atomic E-state index is 0.0186. The number of rotatable bonds is 6. The predicted octanol–water partition coefficient (Wildman–Crippen LogP) is 4.64. The zero-order valence-corrected chi connectivity index (χ0v) is 20.7. The largest absolute Gasteiger partial charge is 0.444 e. The number of benzene rings is 1. The zero-order chi connectivity index (χ0) is 24.1. The molecule has 2 atom stereocenters. The molecule has 0 saturated heterocycles. The fraction of sp³-hybridized carbons (Fsp3) is 0.500. The minimum atomic E-state index is -0.533. The van der Waals surface area contributed by atoms with E-state index in [2.05, 4.69) is 35.2 Å². The lowest BCUT2D eigenvalue weighted by atomic mass is 9.89. The van der Waals surface area contributed by atoms with E-state index in [1.165, 1.54) is 22.4 Å². The van der Waals surface area contributed by atoms with Crippen molar-refractivity contribution in [2.45, 2.75) is 70.7 Å². The number of aryl methyl sites for hydroxylation is 1. The van der Waals surface area contributed by atoms with Crippen molar-refractivity contribution >= 4 is 6.09 Å². The summed E-state index contributed by atoms with van der Waals surface area (Å²) in [5, 5.41) is 0. The molecule has 1 aromatic carbocycles. The van der Waals surface area contributed by atoms with Crippen molar-refractivity contribution in [2.75, 3.05) is 19.6 Å². The molecule has 2 aromatic rings. The molecule has 2 N–H and O–H groups in total. The van der Waals surface area contributed by atoms with Gasteiger partial charge in [-0.3, -0.25) is 14.8 Å². The molecule has 1 aromatic heterocycles. The molecule has 1 amide bonds. The number of aromatic nitrogens is 1. The third kappa shape index (κ3) is 5.86. The molecule has 6 heteroatoms. The van der Waals surface area contributed by atoms with Gasteiger partial charge in [0.25, 0.3) is 0 Å². The van der Waals surface area contributed by atoms with Gasteiger partial charge >= 0.3 is 6.09 Å². The van der Waals surface area contributed by atoms with Crippen molar-refractivity contribution in [2.24, 2.45) is 5.73 Å². The first-order valence-corrected chi connectivity index (χ1v) is 12.4. The van der Waals surface area contributed by atoms with E-state index in [9.17, 15) is 4.79 Å². The minimum Gasteiger partial charge on any atom is -0.444 e. The molecular weight excluding hydrogens is 424 g/mol. The topological polar surface area (TPSA) is 71.7 Å². The molecule has 2 heterocycles. The standard InChI is InChI=1S/C28H38N4O2/c1-28(2,3)34-27(33)32-19-23-11-5-4-10-22(23)18-24(32)20-31(17-7-6-15-29)25-14-8-12-21-13-9-16-30-26(21)25/h4-7,9-11,13,16,24-25H,8,12,14-15,17-20,29H2,1-3H3/b7-6+/t24-,25+/m1/s1. The van der Waals surface area contributed by atoms with Crippen molar-refractivity contribution in [3.8, 4) is 0 Å². The summed E-state index contributed by atoms with van der Waals surface area (Å²) in [5.41, 5.74) is 10.2. The summed E-state index contributed by atoms with van der Waals surface area (Å²) in [5.74, 6) is 0. The van der Waals surface area contributed by atoms with E-state index >= 15 is 0 Å². The number of carbonyl (C=O) groups is 1. The average Bonchev–Trinajstić information content (AvgIpc) is 2.81. The van der Waals surface area contributed by atoms with Crippen LogP contribution in [-0.2, 0) is 24.1 Å². The molecule has 0 fully saturated rings. The Morgan fingerprint density at radius 2 is 1.94 bits per heavy atom. The molecule has 0 unspecified atom stereocenters. The molecule has 1 aliphatic heterocycles. The van der Waals surface area contributed by atoms with Crippen molar-refractivity contribution in [3.05, 3.63) is 77.1 Å². The highest BCUT2D eigenvalue weighted by molar-refractivity contribution is 5.69. The van der Waals surface area contributed by atoms with Crippen LogP contribution in [0.2, 0.25) is 0 Å². The first-order valence-electron chi connectivity index (χ1n) is 12.4. The van der Waals surface area contributed by atoms with E-state index in [4.69, 9.17) is 15.5 Å². The first-order chi connectivity index (χ1) is 16.4. The van der Waals surface area contributed by atoms with Crippen LogP contribution in [0.3, 0.4) is 0 Å². The lowest BCUT2D eigenvalue weighted by molar-refractivity contribution is 0.00548. The van der Waals surface area contributed by atoms with E-state index in [1.807, 2.05) is 50.1 Å². The van der Waals surface area contributed by atoms with Crippen molar-refractivity contribution < 1.29 is 9.53 Å². The maximum absolute atomic E-state index is 13.3. The number of nitrogens with two attached hydrogens (primary N) is 1. The van der Waals surface area contributed by atoms with Crippen molar-refractivity contribution in [3.63, 3.8) is 0 Å². The van der Waals surface area contributed by atoms with Crippen LogP contribution in [0.15, 0.2) is 54.7 Å². The van der Waals surface area contributed by atoms with Crippen LogP contribution < -0.4 is 5.73 Å². The molecule has 34 heavy (non-hydrogen) atoms. The van der Waals surface area contributed by atoms with Gasteiger partial charge in [0.05, 0.1) is 17.8 Å². The lowest BCUT2D eigenvalue weighted by Crippen LogP contribution is -2.52. The normalized spacial score (nSPS) is 20.3. The van der Waals surface area contributed by atoms with Crippen LogP contribution in [0.4, 0.5) is 4.79 Å². The van der Waals surface area contributed by atoms with Gasteiger partial charge in [-0.1, -0.05) is 42.5 Å². The van der Waals surface area contributed by atoms with E-state index in [1.54, 1.807) is 0 Å². The summed E-state index contributed by atoms with van der Waals surface area (Å²) in [6.07, 6.45) is 9.91. The number of hydrogen-bond donors (Lipinski definition) is 1. The van der Waals surface area contributed by atoms with Crippen LogP contribution in [0.5, 0.6) is 0 Å². The number of fused-ring (bicyclic) bond motifs is 2. The van der Waals surface area contributed by atoms with Gasteiger partial charge in [0, 0.05) is 32.4 Å². The second kappa shape index (κ2) is 10.7. The van der Waals surface area contributed by atoms with Gasteiger partial charge in [-0.25, -0.2) is 4.79 Å². The van der Waals surface area contributed by atoms with E-state index in [0.29, 0.717) is 13.1 Å². The second-order valence-electron chi connectivity index (χ2n) is 10.4. The molecule has 0 radical (unpaired) electrons. The average molecular weight is 463 g/mol. The number of nitrogens with zero attached hydrogens (tertiary/aromatic N) is 3. The maximum atomic E-state index is 13.3. The fourth-order valence-corrected chi connectivity index (χ4v) is 5.13. The summed E-state index contributed by atoms with van der Waals surface area (Å²) in [4.78, 5) is 22.5. The number of hydrogen-bond acceptors (Lipinski definition) is 5. The van der Waals surface area contributed by atoms with Crippen molar-refractivity contribution in [1.82, 2.24) is 14.8 Å². The zero-order valence-electron chi connectivity index (χ0n) is 20.7. The van der Waals surface area contributed by atoms with Crippen LogP contribution >= 0.6 is 0 Å². The Hall–Kier alpha value is -2.70. The van der Waals surface area contributed by atoms with Gasteiger partial charge in [0.2, 0.25) is 0 Å². The van der Waals surface area contributed by atoms with Crippen LogP contribution in [0.25, 0.3) is 0 Å². The molecule has 182 valence electrons. The van der Waals surface area contributed by atoms with Gasteiger partial charge in [-0.15, -0.1) is 0 Å². The SMILES string of the molecule is CC(C)(C)OC(=O)N1Cc2ccccc2C[C@@H]1CN(C/C=C/CN)[C@H]1CCCc2cccnc21. The molecular formula is C28H38N4O2. The summed E-state index contributed by atoms with van der Waals surface area (Å²) < 4.78 is 5.83. The van der Waals surface area contributed by atoms with Crippen LogP contribution in [0, 0.1) is 0 Å². The number of pyridine rings is 1. The molecule has 0 spiro atoms. The van der Waals surface area contributed by atoms with Gasteiger partial charge in [0.1, 0.15) is 5.60 Å². The third-order valence-electron chi connectivity index (χ3n) is 6.68. The highest BCUT2D eigenvalue weighted by atomic mass is 16.6. The molecule has 1 aliphatic carbocycles. The third-order valence-corrected chi connectivity index (χ3v) is 6.68. The highest BCUT2D eigenvalue weighted by Gasteiger charge is 2.36. The molecule has 0 saturated carbocycles. The van der Waals surface area contributed by atoms with Gasteiger partial charge in [-0.05, 0) is 69.2 Å². The van der Waals surface area contributed by atoms with Crippen molar-refractivity contribution in [1.29, 1.82) is 0 Å². The Labute approximate surface area is 203 Å². The van der Waals surface area contributed by atoms with Crippen LogP contribution in [-0.4, -0.2) is 52.2 Å². The lowest BCUT2D eigenvalue weighted by Gasteiger charge is -2.42. The quantitative estimate of drug-likeness (QED) is 0.634. The molecule has 4 rings (SSSR count). The summed E-state index contributed by atoms with van der Waals surface area (Å²) in [7, 11) is 0. The Morgan fingerprint density at radius 3 is 2.71 bits per heavy atom. The van der Waals surface area contributed by atoms with Crippen LogP contribution in [0.1, 0.15) is 62.0 Å². The number of amides is 1. The smallest absolute Gasteiger partial charge is 0.410 e. The fourth-order valence-electron chi connectivity index (χ4n) is 5.13. The summed E-state index contributed by atoms with van der Waals surface area (Å²) >= 11 is 0. The first kappa shape index (κ1) is 24.4. The molecule has 2 aliphatic rings. The Kier molecular flexibility index (Phi) is 7.69. The monoisotopic (exact) mass is 462 g/mol. The van der Waals surface area contributed by atoms with E-state index < -0.39 is 5.60 Å². The van der Waals surface area contributed by atoms with E-state index in [-0.39, 0.29) is 18.2 Å². The van der Waals surface area contributed by atoms with Gasteiger partial charge in [-0.2, -0.15) is 0 Å². The summed E-state index contributed by atoms with van der Waals surface area (Å²) in [6.45, 7) is 8.39. The number of ether oxygens (including phenoxy) is 1. The highest BCUT2D eigenvalue weighted by Crippen LogP contribution is 2.34.